The van der Waals surface area contributed by atoms with Crippen LogP contribution in [0.1, 0.15) is 10.4 Å². The molecule has 4 heteroatoms. The molecule has 0 amide bonds. The van der Waals surface area contributed by atoms with Crippen LogP contribution in [0.2, 0.25) is 5.15 Å². The number of aromatic nitrogens is 1. The van der Waals surface area contributed by atoms with E-state index in [-0.39, 0.29) is 0 Å². The molecule has 3 aromatic rings. The first-order chi connectivity index (χ1) is 9.76. The lowest BCUT2D eigenvalue weighted by molar-refractivity contribution is 0.112. The zero-order valence-electron chi connectivity index (χ0n) is 10.8. The summed E-state index contributed by atoms with van der Waals surface area (Å²) in [7, 11) is 1.62. The van der Waals surface area contributed by atoms with Crippen molar-refractivity contribution in [3.05, 3.63) is 59.2 Å². The fourth-order valence-corrected chi connectivity index (χ4v) is 2.68. The van der Waals surface area contributed by atoms with Crippen LogP contribution < -0.4 is 4.74 Å². The Labute approximate surface area is 121 Å². The first-order valence-electron chi connectivity index (χ1n) is 6.15. The molecule has 3 rings (SSSR count). The lowest BCUT2D eigenvalue weighted by Gasteiger charge is -2.09. The molecule has 1 heterocycles. The molecule has 0 saturated carbocycles. The van der Waals surface area contributed by atoms with Crippen LogP contribution in [-0.2, 0) is 0 Å². The predicted octanol–water partition coefficient (Wildman–Crippen LogP) is 4.11. The Bertz CT molecular complexity index is 792. The summed E-state index contributed by atoms with van der Waals surface area (Å²) < 4.78 is 7.09. The first kappa shape index (κ1) is 12.8. The summed E-state index contributed by atoms with van der Waals surface area (Å²) in [6.45, 7) is 0. The predicted molar refractivity (Wildman–Crippen MR) is 80.2 cm³/mol. The van der Waals surface area contributed by atoms with E-state index in [0.29, 0.717) is 10.7 Å². The molecule has 0 unspecified atom stereocenters. The number of carbonyl (C=O) groups is 1. The van der Waals surface area contributed by atoms with Crippen molar-refractivity contribution < 1.29 is 9.53 Å². The number of methoxy groups -OCH3 is 1. The Morgan fingerprint density at radius 2 is 1.95 bits per heavy atom. The highest BCUT2D eigenvalue weighted by Crippen LogP contribution is 2.32. The van der Waals surface area contributed by atoms with E-state index < -0.39 is 0 Å². The van der Waals surface area contributed by atoms with Crippen LogP contribution in [0.3, 0.4) is 0 Å². The summed E-state index contributed by atoms with van der Waals surface area (Å²) in [5.74, 6) is 0.740. The summed E-state index contributed by atoms with van der Waals surface area (Å²) >= 11 is 6.37. The lowest BCUT2D eigenvalue weighted by Crippen LogP contribution is -1.95. The van der Waals surface area contributed by atoms with Crippen LogP contribution in [0.25, 0.3) is 16.6 Å². The molecule has 0 aliphatic heterocycles. The molecule has 2 aromatic carbocycles. The highest BCUT2D eigenvalue weighted by atomic mass is 35.5. The van der Waals surface area contributed by atoms with Crippen molar-refractivity contribution >= 4 is 28.8 Å². The van der Waals surface area contributed by atoms with E-state index in [9.17, 15) is 4.79 Å². The van der Waals surface area contributed by atoms with Crippen molar-refractivity contribution in [2.75, 3.05) is 7.11 Å². The van der Waals surface area contributed by atoms with Gasteiger partial charge in [-0.3, -0.25) is 9.36 Å². The second-order valence-corrected chi connectivity index (χ2v) is 4.73. The molecular formula is C16H12ClNO2. The lowest BCUT2D eigenvalue weighted by atomic mass is 10.2. The van der Waals surface area contributed by atoms with E-state index in [0.717, 1.165) is 28.6 Å². The van der Waals surface area contributed by atoms with Crippen LogP contribution in [-0.4, -0.2) is 18.0 Å². The molecule has 100 valence electrons. The van der Waals surface area contributed by atoms with Crippen molar-refractivity contribution in [3.8, 4) is 11.4 Å². The highest BCUT2D eigenvalue weighted by molar-refractivity contribution is 6.34. The van der Waals surface area contributed by atoms with Gasteiger partial charge in [0, 0.05) is 11.5 Å². The van der Waals surface area contributed by atoms with E-state index in [4.69, 9.17) is 16.3 Å². The summed E-state index contributed by atoms with van der Waals surface area (Å²) in [5, 5.41) is 1.25. The number of fused-ring (bicyclic) bond motifs is 1. The molecule has 0 fully saturated rings. The maximum atomic E-state index is 11.3. The number of ether oxygens (including phenoxy) is 1. The van der Waals surface area contributed by atoms with Gasteiger partial charge in [-0.15, -0.1) is 0 Å². The van der Waals surface area contributed by atoms with E-state index in [2.05, 4.69) is 0 Å². The second kappa shape index (κ2) is 5.02. The first-order valence-corrected chi connectivity index (χ1v) is 6.52. The van der Waals surface area contributed by atoms with Crippen molar-refractivity contribution in [1.29, 1.82) is 0 Å². The molecule has 1 aromatic heterocycles. The fraction of sp³-hybridized carbons (Fsp3) is 0.0625. The number of halogens is 1. The average molecular weight is 286 g/mol. The van der Waals surface area contributed by atoms with Gasteiger partial charge in [0.1, 0.15) is 10.9 Å². The maximum absolute atomic E-state index is 11.3. The van der Waals surface area contributed by atoms with Crippen molar-refractivity contribution in [2.45, 2.75) is 0 Å². The maximum Gasteiger partial charge on any atom is 0.153 e. The number of rotatable bonds is 3. The van der Waals surface area contributed by atoms with Gasteiger partial charge in [0.25, 0.3) is 0 Å². The normalized spacial score (nSPS) is 10.7. The van der Waals surface area contributed by atoms with Crippen molar-refractivity contribution in [2.24, 2.45) is 0 Å². The molecular weight excluding hydrogens is 274 g/mol. The Balaban J connectivity index is 2.35. The molecule has 0 saturated heterocycles. The standard InChI is InChI=1S/C16H12ClNO2/c1-20-12-6-4-5-11(9-12)18-15-8-3-2-7-13(15)14(10-19)16(18)17/h2-10H,1H3. The molecule has 0 aliphatic rings. The fourth-order valence-electron chi connectivity index (χ4n) is 2.35. The van der Waals surface area contributed by atoms with E-state index in [1.54, 1.807) is 7.11 Å². The molecule has 0 N–H and O–H groups in total. The third-order valence-corrected chi connectivity index (χ3v) is 3.66. The minimum absolute atomic E-state index is 0.412. The molecule has 0 spiro atoms. The van der Waals surface area contributed by atoms with Crippen LogP contribution in [0.15, 0.2) is 48.5 Å². The molecule has 0 bridgehead atoms. The van der Waals surface area contributed by atoms with Gasteiger partial charge in [-0.2, -0.15) is 0 Å². The van der Waals surface area contributed by atoms with E-state index in [1.165, 1.54) is 0 Å². The van der Waals surface area contributed by atoms with Gasteiger partial charge in [-0.1, -0.05) is 35.9 Å². The SMILES string of the molecule is COc1cccc(-n2c(Cl)c(C=O)c3ccccc32)c1. The highest BCUT2D eigenvalue weighted by Gasteiger charge is 2.16. The Morgan fingerprint density at radius 1 is 1.15 bits per heavy atom. The zero-order valence-corrected chi connectivity index (χ0v) is 11.6. The number of para-hydroxylation sites is 1. The number of benzene rings is 2. The van der Waals surface area contributed by atoms with Gasteiger partial charge in [0.05, 0.1) is 23.9 Å². The van der Waals surface area contributed by atoms with E-state index >= 15 is 0 Å². The summed E-state index contributed by atoms with van der Waals surface area (Å²) in [6, 6.07) is 15.2. The number of carbonyl (C=O) groups excluding carboxylic acids is 1. The minimum atomic E-state index is 0.412. The molecule has 20 heavy (non-hydrogen) atoms. The van der Waals surface area contributed by atoms with Gasteiger partial charge in [0.2, 0.25) is 0 Å². The van der Waals surface area contributed by atoms with Crippen molar-refractivity contribution in [3.63, 3.8) is 0 Å². The van der Waals surface area contributed by atoms with Gasteiger partial charge in [-0.25, -0.2) is 0 Å². The Hall–Kier alpha value is -2.26. The van der Waals surface area contributed by atoms with Crippen LogP contribution in [0.4, 0.5) is 0 Å². The van der Waals surface area contributed by atoms with Crippen LogP contribution in [0, 0.1) is 0 Å². The monoisotopic (exact) mass is 285 g/mol. The van der Waals surface area contributed by atoms with Gasteiger partial charge < -0.3 is 4.74 Å². The van der Waals surface area contributed by atoms with Crippen LogP contribution >= 0.6 is 11.6 Å². The number of nitrogens with zero attached hydrogens (tertiary/aromatic N) is 1. The molecule has 0 atom stereocenters. The molecule has 3 nitrogen and oxygen atoms in total. The third-order valence-electron chi connectivity index (χ3n) is 3.28. The average Bonchev–Trinajstić information content (AvgIpc) is 2.78. The van der Waals surface area contributed by atoms with Crippen LogP contribution in [0.5, 0.6) is 5.75 Å². The molecule has 0 radical (unpaired) electrons. The summed E-state index contributed by atoms with van der Waals surface area (Å²) in [4.78, 5) is 11.3. The van der Waals surface area contributed by atoms with Crippen molar-refractivity contribution in [1.82, 2.24) is 4.57 Å². The van der Waals surface area contributed by atoms with Gasteiger partial charge in [0.15, 0.2) is 6.29 Å². The molecule has 0 aliphatic carbocycles. The number of aldehydes is 1. The van der Waals surface area contributed by atoms with Gasteiger partial charge in [-0.05, 0) is 18.2 Å². The zero-order chi connectivity index (χ0) is 14.1. The Kier molecular flexibility index (Phi) is 3.20. The smallest absolute Gasteiger partial charge is 0.153 e. The summed E-state index contributed by atoms with van der Waals surface area (Å²) in [6.07, 6.45) is 0.793. The Morgan fingerprint density at radius 3 is 2.70 bits per heavy atom. The minimum Gasteiger partial charge on any atom is -0.497 e. The second-order valence-electron chi connectivity index (χ2n) is 4.38. The number of hydrogen-bond acceptors (Lipinski definition) is 2. The van der Waals surface area contributed by atoms with E-state index in [1.807, 2.05) is 53.1 Å². The summed E-state index contributed by atoms with van der Waals surface area (Å²) in [5.41, 5.74) is 2.26. The third kappa shape index (κ3) is 1.87. The number of hydrogen-bond donors (Lipinski definition) is 0. The quantitative estimate of drug-likeness (QED) is 0.678. The topological polar surface area (TPSA) is 31.2 Å². The largest absolute Gasteiger partial charge is 0.497 e. The van der Waals surface area contributed by atoms with Gasteiger partial charge >= 0.3 is 0 Å².